The number of para-hydroxylation sites is 1. The van der Waals surface area contributed by atoms with Crippen molar-refractivity contribution in [3.8, 4) is 0 Å². The zero-order valence-electron chi connectivity index (χ0n) is 10.8. The highest BCUT2D eigenvalue weighted by Gasteiger charge is 2.12. The number of nitrogens with zero attached hydrogens (tertiary/aromatic N) is 1. The van der Waals surface area contributed by atoms with E-state index in [0.29, 0.717) is 5.69 Å². The lowest BCUT2D eigenvalue weighted by atomic mass is 10.2. The van der Waals surface area contributed by atoms with E-state index in [2.05, 4.69) is 15.6 Å². The molecule has 102 valence electrons. The lowest BCUT2D eigenvalue weighted by Crippen LogP contribution is -2.21. The topological polar surface area (TPSA) is 91.3 Å². The first-order valence-electron chi connectivity index (χ1n) is 5.89. The van der Waals surface area contributed by atoms with Crippen LogP contribution in [0.15, 0.2) is 42.7 Å². The number of aryl methyl sites for hydroxylation is 1. The van der Waals surface area contributed by atoms with E-state index in [1.807, 2.05) is 6.92 Å². The van der Waals surface area contributed by atoms with Gasteiger partial charge in [0.05, 0.1) is 23.1 Å². The fraction of sp³-hybridized carbons (Fsp3) is 0.0714. The molecule has 1 heterocycles. The molecule has 0 bridgehead atoms. The number of benzene rings is 1. The smallest absolute Gasteiger partial charge is 0.337 e. The van der Waals surface area contributed by atoms with Gasteiger partial charge < -0.3 is 15.7 Å². The summed E-state index contributed by atoms with van der Waals surface area (Å²) < 4.78 is 0. The second-order valence-corrected chi connectivity index (χ2v) is 4.12. The summed E-state index contributed by atoms with van der Waals surface area (Å²) in [5.74, 6) is -1.10. The lowest BCUT2D eigenvalue weighted by Gasteiger charge is -2.10. The van der Waals surface area contributed by atoms with Gasteiger partial charge in [-0.1, -0.05) is 12.1 Å². The van der Waals surface area contributed by atoms with E-state index in [1.165, 1.54) is 18.3 Å². The minimum absolute atomic E-state index is 0.0329. The third-order valence-corrected chi connectivity index (χ3v) is 2.69. The highest BCUT2D eigenvalue weighted by Crippen LogP contribution is 2.16. The van der Waals surface area contributed by atoms with Gasteiger partial charge in [-0.15, -0.1) is 0 Å². The van der Waals surface area contributed by atoms with Crippen LogP contribution >= 0.6 is 0 Å². The van der Waals surface area contributed by atoms with Crippen LogP contribution in [0.4, 0.5) is 16.2 Å². The molecule has 0 atom stereocenters. The van der Waals surface area contributed by atoms with E-state index in [9.17, 15) is 9.59 Å². The summed E-state index contributed by atoms with van der Waals surface area (Å²) in [4.78, 5) is 26.8. The Hall–Kier alpha value is -2.89. The summed E-state index contributed by atoms with van der Waals surface area (Å²) in [6, 6.07) is 7.44. The van der Waals surface area contributed by atoms with Gasteiger partial charge >= 0.3 is 12.0 Å². The molecule has 0 unspecified atom stereocenters. The van der Waals surface area contributed by atoms with E-state index >= 15 is 0 Å². The van der Waals surface area contributed by atoms with Crippen LogP contribution < -0.4 is 10.6 Å². The van der Waals surface area contributed by atoms with Crippen molar-refractivity contribution in [2.45, 2.75) is 6.92 Å². The van der Waals surface area contributed by atoms with Crippen molar-refractivity contribution in [3.05, 3.63) is 53.9 Å². The van der Waals surface area contributed by atoms with Crippen molar-refractivity contribution in [3.63, 3.8) is 0 Å². The summed E-state index contributed by atoms with van der Waals surface area (Å²) >= 11 is 0. The van der Waals surface area contributed by atoms with E-state index in [-0.39, 0.29) is 11.3 Å². The van der Waals surface area contributed by atoms with Crippen molar-refractivity contribution in [2.75, 3.05) is 10.6 Å². The van der Waals surface area contributed by atoms with Gasteiger partial charge in [0.15, 0.2) is 0 Å². The van der Waals surface area contributed by atoms with E-state index < -0.39 is 12.0 Å². The van der Waals surface area contributed by atoms with Crippen LogP contribution in [-0.2, 0) is 0 Å². The third-order valence-electron chi connectivity index (χ3n) is 2.69. The molecule has 0 saturated carbocycles. The Balaban J connectivity index is 2.13. The summed E-state index contributed by atoms with van der Waals surface area (Å²) in [6.07, 6.45) is 3.15. The normalized spacial score (nSPS) is 9.85. The Kier molecular flexibility index (Phi) is 3.95. The minimum Gasteiger partial charge on any atom is -0.478 e. The van der Waals surface area contributed by atoms with Crippen LogP contribution in [0.1, 0.15) is 15.9 Å². The van der Waals surface area contributed by atoms with Gasteiger partial charge in [0.2, 0.25) is 0 Å². The maximum atomic E-state index is 11.9. The molecule has 0 aliphatic rings. The molecule has 0 fully saturated rings. The molecule has 6 nitrogen and oxygen atoms in total. The number of nitrogens with one attached hydrogen (secondary N) is 2. The number of aromatic nitrogens is 1. The first kappa shape index (κ1) is 13.5. The molecule has 0 spiro atoms. The molecule has 20 heavy (non-hydrogen) atoms. The average Bonchev–Trinajstić information content (AvgIpc) is 2.41. The molecule has 1 aromatic carbocycles. The molecule has 3 N–H and O–H groups in total. The Morgan fingerprint density at radius 2 is 1.80 bits per heavy atom. The molecule has 1 aromatic heterocycles. The largest absolute Gasteiger partial charge is 0.478 e. The van der Waals surface area contributed by atoms with E-state index in [4.69, 9.17) is 5.11 Å². The predicted molar refractivity (Wildman–Crippen MR) is 75.0 cm³/mol. The second-order valence-electron chi connectivity index (χ2n) is 4.12. The predicted octanol–water partition coefficient (Wildman–Crippen LogP) is 2.73. The Morgan fingerprint density at radius 3 is 2.50 bits per heavy atom. The molecule has 0 saturated heterocycles. The maximum Gasteiger partial charge on any atom is 0.337 e. The first-order valence-corrected chi connectivity index (χ1v) is 5.89. The van der Waals surface area contributed by atoms with Crippen molar-refractivity contribution in [1.29, 1.82) is 0 Å². The second kappa shape index (κ2) is 5.83. The fourth-order valence-corrected chi connectivity index (χ4v) is 1.65. The number of anilines is 2. The van der Waals surface area contributed by atoms with Gasteiger partial charge in [0.25, 0.3) is 0 Å². The Labute approximate surface area is 115 Å². The number of carboxylic acid groups (broad SMARTS) is 1. The number of amides is 2. The van der Waals surface area contributed by atoms with Crippen LogP contribution in [0.3, 0.4) is 0 Å². The molecule has 2 aromatic rings. The number of carbonyl (C=O) groups is 2. The highest BCUT2D eigenvalue weighted by molar-refractivity contribution is 6.04. The summed E-state index contributed by atoms with van der Waals surface area (Å²) in [5, 5.41) is 14.2. The number of hydrogen-bond acceptors (Lipinski definition) is 3. The molecule has 0 aliphatic carbocycles. The van der Waals surface area contributed by atoms with Crippen LogP contribution in [0, 0.1) is 6.92 Å². The maximum absolute atomic E-state index is 11.9. The quantitative estimate of drug-likeness (QED) is 0.800. The number of pyridine rings is 1. The third kappa shape index (κ3) is 3.11. The number of carbonyl (C=O) groups excluding carboxylic acids is 1. The zero-order valence-corrected chi connectivity index (χ0v) is 10.8. The number of aromatic carboxylic acids is 1. The van der Waals surface area contributed by atoms with Crippen LogP contribution in [0.2, 0.25) is 0 Å². The van der Waals surface area contributed by atoms with Gasteiger partial charge in [0.1, 0.15) is 0 Å². The number of urea groups is 1. The zero-order chi connectivity index (χ0) is 14.5. The molecular weight excluding hydrogens is 258 g/mol. The average molecular weight is 271 g/mol. The SMILES string of the molecule is Cc1ccncc1NC(=O)Nc1ccccc1C(=O)O. The van der Waals surface area contributed by atoms with Gasteiger partial charge in [-0.3, -0.25) is 4.98 Å². The molecule has 6 heteroatoms. The number of rotatable bonds is 3. The van der Waals surface area contributed by atoms with Crippen molar-refractivity contribution in [2.24, 2.45) is 0 Å². The minimum atomic E-state index is -1.10. The van der Waals surface area contributed by atoms with Gasteiger partial charge in [0, 0.05) is 6.20 Å². The molecule has 2 rings (SSSR count). The van der Waals surface area contributed by atoms with Crippen molar-refractivity contribution < 1.29 is 14.7 Å². The van der Waals surface area contributed by atoms with Crippen LogP contribution in [0.25, 0.3) is 0 Å². The molecular formula is C14H13N3O3. The standard InChI is InChI=1S/C14H13N3O3/c1-9-6-7-15-8-12(9)17-14(20)16-11-5-3-2-4-10(11)13(18)19/h2-8H,1H3,(H,18,19)(H2,16,17,20). The van der Waals surface area contributed by atoms with E-state index in [1.54, 1.807) is 24.4 Å². The van der Waals surface area contributed by atoms with Crippen LogP contribution in [-0.4, -0.2) is 22.1 Å². The van der Waals surface area contributed by atoms with Crippen LogP contribution in [0.5, 0.6) is 0 Å². The monoisotopic (exact) mass is 271 g/mol. The summed E-state index contributed by atoms with van der Waals surface area (Å²) in [5.41, 5.74) is 1.70. The van der Waals surface area contributed by atoms with Gasteiger partial charge in [-0.05, 0) is 30.7 Å². The van der Waals surface area contributed by atoms with Gasteiger partial charge in [-0.25, -0.2) is 9.59 Å². The highest BCUT2D eigenvalue weighted by atomic mass is 16.4. The van der Waals surface area contributed by atoms with Crippen molar-refractivity contribution >= 4 is 23.4 Å². The van der Waals surface area contributed by atoms with Crippen molar-refractivity contribution in [1.82, 2.24) is 4.98 Å². The number of hydrogen-bond donors (Lipinski definition) is 3. The summed E-state index contributed by atoms with van der Waals surface area (Å²) in [7, 11) is 0. The summed E-state index contributed by atoms with van der Waals surface area (Å²) in [6.45, 7) is 1.84. The first-order chi connectivity index (χ1) is 9.58. The molecule has 0 aliphatic heterocycles. The van der Waals surface area contributed by atoms with Gasteiger partial charge in [-0.2, -0.15) is 0 Å². The lowest BCUT2D eigenvalue weighted by molar-refractivity contribution is 0.0698. The molecule has 0 radical (unpaired) electrons. The Bertz CT molecular complexity index is 656. The number of carboxylic acids is 1. The fourth-order valence-electron chi connectivity index (χ4n) is 1.65. The molecule has 2 amide bonds. The Morgan fingerprint density at radius 1 is 1.10 bits per heavy atom. The van der Waals surface area contributed by atoms with E-state index in [0.717, 1.165) is 5.56 Å².